The zero-order valence-electron chi connectivity index (χ0n) is 23.5. The number of rotatable bonds is 12. The van der Waals surface area contributed by atoms with Crippen LogP contribution >= 0.6 is 24.4 Å². The quantitative estimate of drug-likeness (QED) is 0.104. The van der Waals surface area contributed by atoms with Crippen LogP contribution in [0.15, 0.2) is 108 Å². The second kappa shape index (κ2) is 15.0. The van der Waals surface area contributed by atoms with Gasteiger partial charge in [0, 0.05) is 9.81 Å². The molecule has 0 aliphatic heterocycles. The monoisotopic (exact) mass is 548 g/mol. The molecule has 200 valence electrons. The lowest BCUT2D eigenvalue weighted by Crippen LogP contribution is -1.97. The number of benzene rings is 4. The number of fused-ring (bicyclic) bond motifs is 2. The van der Waals surface area contributed by atoms with Crippen LogP contribution in [0.2, 0.25) is 0 Å². The van der Waals surface area contributed by atoms with Gasteiger partial charge in [-0.15, -0.1) is 24.4 Å². The minimum Gasteiger partial charge on any atom is -0.143 e. The molecular formula is C37H40S2. The Morgan fingerprint density at radius 1 is 0.718 bits per heavy atom. The molecule has 4 aromatic rings. The second-order valence-corrected chi connectivity index (χ2v) is 11.3. The fraction of sp³-hybridized carbons (Fsp3) is 0.243. The van der Waals surface area contributed by atoms with Crippen LogP contribution in [-0.4, -0.2) is 6.26 Å². The van der Waals surface area contributed by atoms with Gasteiger partial charge in [-0.3, -0.25) is 0 Å². The van der Waals surface area contributed by atoms with E-state index in [1.165, 1.54) is 74.4 Å². The Balaban J connectivity index is 1.68. The highest BCUT2D eigenvalue weighted by Crippen LogP contribution is 2.37. The van der Waals surface area contributed by atoms with Crippen LogP contribution in [0.3, 0.4) is 0 Å². The van der Waals surface area contributed by atoms with Crippen LogP contribution in [0, 0.1) is 0 Å². The van der Waals surface area contributed by atoms with Crippen molar-refractivity contribution >= 4 is 56.9 Å². The molecule has 0 radical (unpaired) electrons. The van der Waals surface area contributed by atoms with Crippen molar-refractivity contribution < 1.29 is 0 Å². The van der Waals surface area contributed by atoms with Crippen LogP contribution in [0.5, 0.6) is 0 Å². The molecular weight excluding hydrogens is 509 g/mol. The van der Waals surface area contributed by atoms with E-state index < -0.39 is 0 Å². The zero-order valence-corrected chi connectivity index (χ0v) is 25.2. The summed E-state index contributed by atoms with van der Waals surface area (Å²) in [6, 6.07) is 26.4. The third kappa shape index (κ3) is 7.59. The molecule has 0 atom stereocenters. The number of allylic oxidation sites excluding steroid dienone is 5. The molecule has 0 bridgehead atoms. The summed E-state index contributed by atoms with van der Waals surface area (Å²) in [5.74, 6) is 0. The zero-order chi connectivity index (χ0) is 27.5. The summed E-state index contributed by atoms with van der Waals surface area (Å²) in [7, 11) is 0. The van der Waals surface area contributed by atoms with Crippen LogP contribution < -0.4 is 0 Å². The van der Waals surface area contributed by atoms with E-state index in [-0.39, 0.29) is 0 Å². The summed E-state index contributed by atoms with van der Waals surface area (Å²) < 4.78 is 0. The van der Waals surface area contributed by atoms with Gasteiger partial charge in [-0.2, -0.15) is 0 Å². The first kappa shape index (κ1) is 29.1. The van der Waals surface area contributed by atoms with Gasteiger partial charge in [-0.05, 0) is 100 Å². The van der Waals surface area contributed by atoms with Gasteiger partial charge in [-0.25, -0.2) is 0 Å². The smallest absolute Gasteiger partial charge is 0.0113 e. The maximum Gasteiger partial charge on any atom is 0.0113 e. The third-order valence-electron chi connectivity index (χ3n) is 7.20. The Morgan fingerprint density at radius 2 is 1.33 bits per heavy atom. The van der Waals surface area contributed by atoms with E-state index in [9.17, 15) is 0 Å². The van der Waals surface area contributed by atoms with Gasteiger partial charge in [0.05, 0.1) is 0 Å². The summed E-state index contributed by atoms with van der Waals surface area (Å²) >= 11 is 6.67. The Bertz CT molecular complexity index is 1500. The molecule has 4 rings (SSSR count). The van der Waals surface area contributed by atoms with E-state index in [2.05, 4.69) is 123 Å². The molecule has 0 amide bonds. The third-order valence-corrected chi connectivity index (χ3v) is 8.35. The van der Waals surface area contributed by atoms with Crippen molar-refractivity contribution in [3.63, 3.8) is 0 Å². The van der Waals surface area contributed by atoms with Gasteiger partial charge in [0.15, 0.2) is 0 Å². The molecule has 0 aliphatic rings. The lowest BCUT2D eigenvalue weighted by Gasteiger charge is -2.18. The summed E-state index contributed by atoms with van der Waals surface area (Å²) in [5, 5.41) is 5.65. The van der Waals surface area contributed by atoms with Crippen molar-refractivity contribution in [3.8, 4) is 0 Å². The van der Waals surface area contributed by atoms with E-state index in [0.29, 0.717) is 0 Å². The minimum atomic E-state index is 0.984. The first-order valence-corrected chi connectivity index (χ1v) is 15.8. The summed E-state index contributed by atoms with van der Waals surface area (Å²) in [6.45, 7) is 4.56. The van der Waals surface area contributed by atoms with Crippen LogP contribution in [0.25, 0.3) is 32.5 Å². The fourth-order valence-electron chi connectivity index (χ4n) is 5.10. The van der Waals surface area contributed by atoms with Crippen LogP contribution in [-0.2, 0) is 12.8 Å². The van der Waals surface area contributed by atoms with E-state index in [0.717, 1.165) is 17.7 Å². The second-order valence-electron chi connectivity index (χ2n) is 9.92. The molecule has 0 heterocycles. The van der Waals surface area contributed by atoms with Gasteiger partial charge < -0.3 is 0 Å². The minimum absolute atomic E-state index is 0.984. The van der Waals surface area contributed by atoms with Gasteiger partial charge in [0.2, 0.25) is 0 Å². The normalized spacial score (nSPS) is 12.9. The van der Waals surface area contributed by atoms with Crippen molar-refractivity contribution in [2.75, 3.05) is 6.26 Å². The molecule has 0 saturated heterocycles. The van der Waals surface area contributed by atoms with E-state index >= 15 is 0 Å². The van der Waals surface area contributed by atoms with Crippen molar-refractivity contribution in [3.05, 3.63) is 130 Å². The average Bonchev–Trinajstić information content (AvgIpc) is 2.98. The fourth-order valence-corrected chi connectivity index (χ4v) is 5.76. The highest BCUT2D eigenvalue weighted by Gasteiger charge is 2.14. The predicted molar refractivity (Wildman–Crippen MR) is 182 cm³/mol. The molecule has 4 aromatic carbocycles. The molecule has 0 spiro atoms. The molecule has 0 saturated carbocycles. The Hall–Kier alpha value is -2.94. The number of thiol groups is 1. The summed E-state index contributed by atoms with van der Waals surface area (Å²) in [6.07, 6.45) is 21.9. The molecule has 0 unspecified atom stereocenters. The Morgan fingerprint density at radius 3 is 1.97 bits per heavy atom. The van der Waals surface area contributed by atoms with Crippen LogP contribution in [0.4, 0.5) is 0 Å². The topological polar surface area (TPSA) is 0 Å². The number of hydrogen-bond acceptors (Lipinski definition) is 2. The first-order chi connectivity index (χ1) is 19.2. The molecule has 2 heteroatoms. The van der Waals surface area contributed by atoms with Gasteiger partial charge in [0.25, 0.3) is 0 Å². The van der Waals surface area contributed by atoms with Crippen molar-refractivity contribution in [2.45, 2.75) is 52.4 Å². The SMILES string of the molecule is CCCCc1c2ccccc2c(CCCC)c2cc(/C(S)=C/C=C/C(=C/C=C/c3ccccc3)SC)ccc12. The lowest BCUT2D eigenvalue weighted by molar-refractivity contribution is 0.797. The molecule has 0 nitrogen and oxygen atoms in total. The Labute approximate surface area is 245 Å². The number of hydrogen-bond donors (Lipinski definition) is 1. The van der Waals surface area contributed by atoms with Crippen molar-refractivity contribution in [1.82, 2.24) is 0 Å². The largest absolute Gasteiger partial charge is 0.143 e. The maximum absolute atomic E-state index is 4.93. The molecule has 39 heavy (non-hydrogen) atoms. The van der Waals surface area contributed by atoms with Gasteiger partial charge in [-0.1, -0.05) is 112 Å². The molecule has 0 aliphatic carbocycles. The number of thioether (sulfide) groups is 1. The molecule has 0 aromatic heterocycles. The van der Waals surface area contributed by atoms with E-state index in [1.807, 2.05) is 6.07 Å². The summed E-state index contributed by atoms with van der Waals surface area (Å²) in [5.41, 5.74) is 5.36. The summed E-state index contributed by atoms with van der Waals surface area (Å²) in [4.78, 5) is 2.19. The highest BCUT2D eigenvalue weighted by molar-refractivity contribution is 8.02. The van der Waals surface area contributed by atoms with Gasteiger partial charge >= 0.3 is 0 Å². The average molecular weight is 549 g/mol. The van der Waals surface area contributed by atoms with Crippen LogP contribution in [0.1, 0.15) is 61.8 Å². The maximum atomic E-state index is 4.93. The molecule has 0 fully saturated rings. The van der Waals surface area contributed by atoms with Crippen molar-refractivity contribution in [1.29, 1.82) is 0 Å². The number of unbranched alkanes of at least 4 members (excludes halogenated alkanes) is 2. The highest BCUT2D eigenvalue weighted by atomic mass is 32.2. The lowest BCUT2D eigenvalue weighted by atomic mass is 9.87. The first-order valence-electron chi connectivity index (χ1n) is 14.2. The van der Waals surface area contributed by atoms with Gasteiger partial charge in [0.1, 0.15) is 0 Å². The van der Waals surface area contributed by atoms with Crippen molar-refractivity contribution in [2.24, 2.45) is 0 Å². The molecule has 0 N–H and O–H groups in total. The van der Waals surface area contributed by atoms with E-state index in [1.54, 1.807) is 11.8 Å². The Kier molecular flexibility index (Phi) is 11.2. The predicted octanol–water partition coefficient (Wildman–Crippen LogP) is 11.5. The number of aryl methyl sites for hydroxylation is 2. The standard InChI is InChI=1S/C37H40S2/c1-4-6-20-31-32-22-11-12-23-33(32)34(21-7-5-2)36-27-29(25-26-35(31)36)37(38)24-14-19-30(39-3)18-13-17-28-15-9-8-10-16-28/h8-19,22-27,38H,4-7,20-21H2,1-3H3/b17-13+,19-14+,30-18-,37-24-. The van der Waals surface area contributed by atoms with E-state index in [4.69, 9.17) is 12.6 Å².